The number of carboxylic acid groups (broad SMARTS) is 1. The summed E-state index contributed by atoms with van der Waals surface area (Å²) in [5.41, 5.74) is 3.20. The number of nitrogens with zero attached hydrogens (tertiary/aromatic N) is 2. The predicted molar refractivity (Wildman–Crippen MR) is 79.7 cm³/mol. The molecule has 0 fully saturated rings. The molecule has 2 aromatic heterocycles. The van der Waals surface area contributed by atoms with Crippen LogP contribution >= 0.6 is 11.3 Å². The Balaban J connectivity index is 2.06. The van der Waals surface area contributed by atoms with E-state index >= 15 is 0 Å². The van der Waals surface area contributed by atoms with E-state index in [1.165, 1.54) is 16.6 Å². The number of aryl methyl sites for hydroxylation is 1. The van der Waals surface area contributed by atoms with E-state index < -0.39 is 5.97 Å². The average Bonchev–Trinajstić information content (AvgIpc) is 2.88. The molecule has 5 heteroatoms. The maximum atomic E-state index is 11.4. The topological polar surface area (TPSA) is 53.4 Å². The molecule has 4 nitrogen and oxygen atoms in total. The number of rotatable bonds is 2. The molecule has 0 aliphatic carbocycles. The summed E-state index contributed by atoms with van der Waals surface area (Å²) in [6.07, 6.45) is 2.43. The molecule has 0 spiro atoms. The number of aromatic nitrogens is 1. The maximum Gasteiger partial charge on any atom is 0.339 e. The zero-order valence-electron chi connectivity index (χ0n) is 11.5. The van der Waals surface area contributed by atoms with Gasteiger partial charge >= 0.3 is 5.97 Å². The van der Waals surface area contributed by atoms with Crippen molar-refractivity contribution in [3.8, 4) is 0 Å². The van der Waals surface area contributed by atoms with Crippen molar-refractivity contribution in [2.24, 2.45) is 0 Å². The average molecular weight is 288 g/mol. The first kappa shape index (κ1) is 13.1. The van der Waals surface area contributed by atoms with E-state index in [4.69, 9.17) is 0 Å². The Labute approximate surface area is 121 Å². The fraction of sp³-hybridized carbons (Fsp3) is 0.333. The van der Waals surface area contributed by atoms with Crippen LogP contribution in [0.2, 0.25) is 0 Å². The minimum Gasteiger partial charge on any atom is -0.478 e. The number of carboxylic acids is 1. The zero-order valence-corrected chi connectivity index (χ0v) is 12.3. The van der Waals surface area contributed by atoms with Crippen LogP contribution in [-0.4, -0.2) is 22.6 Å². The van der Waals surface area contributed by atoms with Crippen molar-refractivity contribution in [1.82, 2.24) is 4.98 Å². The van der Waals surface area contributed by atoms with Gasteiger partial charge in [0.15, 0.2) is 0 Å². The van der Waals surface area contributed by atoms with Gasteiger partial charge in [0.1, 0.15) is 5.56 Å². The van der Waals surface area contributed by atoms with Gasteiger partial charge in [0, 0.05) is 23.3 Å². The third-order valence-electron chi connectivity index (χ3n) is 3.84. The third-order valence-corrected chi connectivity index (χ3v) is 4.83. The van der Waals surface area contributed by atoms with Gasteiger partial charge in [-0.3, -0.25) is 4.98 Å². The number of pyridine rings is 1. The molecule has 1 N–H and O–H groups in total. The summed E-state index contributed by atoms with van der Waals surface area (Å²) < 4.78 is 0. The highest BCUT2D eigenvalue weighted by Crippen LogP contribution is 2.37. The van der Waals surface area contributed by atoms with Gasteiger partial charge in [0.05, 0.1) is 11.7 Å². The first-order chi connectivity index (χ1) is 9.58. The second-order valence-corrected chi connectivity index (χ2v) is 6.07. The lowest BCUT2D eigenvalue weighted by Crippen LogP contribution is -2.34. The Morgan fingerprint density at radius 2 is 2.35 bits per heavy atom. The van der Waals surface area contributed by atoms with Crippen LogP contribution in [0, 0.1) is 6.92 Å². The van der Waals surface area contributed by atoms with Crippen LogP contribution in [0.25, 0.3) is 0 Å². The van der Waals surface area contributed by atoms with E-state index in [-0.39, 0.29) is 11.6 Å². The summed E-state index contributed by atoms with van der Waals surface area (Å²) in [6.45, 7) is 4.87. The molecule has 0 radical (unpaired) electrons. The standard InChI is InChI=1S/C15H16N2O2S/c1-9-7-13(12(8-16-9)15(18)19)17-5-3-14-11(10(17)2)4-6-20-14/h4,6-8,10H,3,5H2,1-2H3,(H,18,19). The van der Waals surface area contributed by atoms with E-state index in [9.17, 15) is 9.90 Å². The predicted octanol–water partition coefficient (Wildman–Crippen LogP) is 3.27. The van der Waals surface area contributed by atoms with Gasteiger partial charge in [0.2, 0.25) is 0 Å². The SMILES string of the molecule is Cc1cc(N2CCc3sccc3C2C)c(C(=O)O)cn1. The van der Waals surface area contributed by atoms with Crippen LogP contribution in [-0.2, 0) is 6.42 Å². The fourth-order valence-corrected chi connectivity index (χ4v) is 3.75. The molecule has 1 aliphatic rings. The molecule has 0 bridgehead atoms. The van der Waals surface area contributed by atoms with E-state index in [0.717, 1.165) is 24.3 Å². The number of anilines is 1. The molecule has 0 aromatic carbocycles. The Morgan fingerprint density at radius 3 is 3.10 bits per heavy atom. The van der Waals surface area contributed by atoms with E-state index in [1.54, 1.807) is 11.3 Å². The summed E-state index contributed by atoms with van der Waals surface area (Å²) in [6, 6.07) is 4.22. The molecule has 1 atom stereocenters. The van der Waals surface area contributed by atoms with Crippen molar-refractivity contribution in [2.45, 2.75) is 26.3 Å². The molecule has 0 amide bonds. The molecule has 0 saturated heterocycles. The van der Waals surface area contributed by atoms with Crippen LogP contribution in [0.1, 0.15) is 39.5 Å². The lowest BCUT2D eigenvalue weighted by atomic mass is 9.99. The Morgan fingerprint density at radius 1 is 1.55 bits per heavy atom. The van der Waals surface area contributed by atoms with Crippen LogP contribution in [0.4, 0.5) is 5.69 Å². The largest absolute Gasteiger partial charge is 0.478 e. The molecule has 1 unspecified atom stereocenters. The maximum absolute atomic E-state index is 11.4. The summed E-state index contributed by atoms with van der Waals surface area (Å²) in [4.78, 5) is 19.1. The third kappa shape index (κ3) is 2.08. The fourth-order valence-electron chi connectivity index (χ4n) is 2.79. The van der Waals surface area contributed by atoms with Gasteiger partial charge in [-0.05, 0) is 43.3 Å². The van der Waals surface area contributed by atoms with E-state index in [0.29, 0.717) is 0 Å². The molecular weight excluding hydrogens is 272 g/mol. The first-order valence-electron chi connectivity index (χ1n) is 6.61. The summed E-state index contributed by atoms with van der Waals surface area (Å²) in [5.74, 6) is -0.921. The van der Waals surface area contributed by atoms with Crippen molar-refractivity contribution in [3.05, 3.63) is 45.4 Å². The molecule has 104 valence electrons. The lowest BCUT2D eigenvalue weighted by molar-refractivity contribution is 0.0697. The highest BCUT2D eigenvalue weighted by molar-refractivity contribution is 7.10. The Bertz CT molecular complexity index is 666. The van der Waals surface area contributed by atoms with Crippen LogP contribution in [0.3, 0.4) is 0 Å². The van der Waals surface area contributed by atoms with Gasteiger partial charge in [0.25, 0.3) is 0 Å². The van der Waals surface area contributed by atoms with Gasteiger partial charge in [-0.2, -0.15) is 0 Å². The summed E-state index contributed by atoms with van der Waals surface area (Å²) in [7, 11) is 0. The van der Waals surface area contributed by atoms with Crippen LogP contribution in [0.5, 0.6) is 0 Å². The molecule has 3 heterocycles. The minimum atomic E-state index is -0.921. The van der Waals surface area contributed by atoms with Gasteiger partial charge in [-0.25, -0.2) is 4.79 Å². The molecule has 1 aliphatic heterocycles. The molecule has 3 rings (SSSR count). The smallest absolute Gasteiger partial charge is 0.339 e. The molecule has 2 aromatic rings. The molecule has 0 saturated carbocycles. The van der Waals surface area contributed by atoms with Gasteiger partial charge < -0.3 is 10.0 Å². The Kier molecular flexibility index (Phi) is 3.22. The zero-order chi connectivity index (χ0) is 14.3. The monoisotopic (exact) mass is 288 g/mol. The van der Waals surface area contributed by atoms with Crippen molar-refractivity contribution in [2.75, 3.05) is 11.4 Å². The quantitative estimate of drug-likeness (QED) is 0.921. The van der Waals surface area contributed by atoms with E-state index in [1.807, 2.05) is 13.0 Å². The van der Waals surface area contributed by atoms with Crippen molar-refractivity contribution < 1.29 is 9.90 Å². The number of aromatic carboxylic acids is 1. The number of hydrogen-bond donors (Lipinski definition) is 1. The van der Waals surface area contributed by atoms with Crippen molar-refractivity contribution in [3.63, 3.8) is 0 Å². The van der Waals surface area contributed by atoms with Crippen molar-refractivity contribution in [1.29, 1.82) is 0 Å². The summed E-state index contributed by atoms with van der Waals surface area (Å²) >= 11 is 1.78. The highest BCUT2D eigenvalue weighted by Gasteiger charge is 2.27. The second kappa shape index (κ2) is 4.90. The number of carbonyl (C=O) groups is 1. The summed E-state index contributed by atoms with van der Waals surface area (Å²) in [5, 5.41) is 11.5. The molecule has 20 heavy (non-hydrogen) atoms. The minimum absolute atomic E-state index is 0.199. The number of fused-ring (bicyclic) bond motifs is 1. The normalized spacial score (nSPS) is 17.9. The first-order valence-corrected chi connectivity index (χ1v) is 7.48. The van der Waals surface area contributed by atoms with Crippen molar-refractivity contribution >= 4 is 23.0 Å². The number of thiophene rings is 1. The van der Waals surface area contributed by atoms with Crippen LogP contribution in [0.15, 0.2) is 23.7 Å². The van der Waals surface area contributed by atoms with Crippen LogP contribution < -0.4 is 4.90 Å². The highest BCUT2D eigenvalue weighted by atomic mass is 32.1. The second-order valence-electron chi connectivity index (χ2n) is 5.07. The Hall–Kier alpha value is -1.88. The van der Waals surface area contributed by atoms with E-state index in [2.05, 4.69) is 28.3 Å². The van der Waals surface area contributed by atoms with Gasteiger partial charge in [-0.1, -0.05) is 0 Å². The molecular formula is C15H16N2O2S. The number of hydrogen-bond acceptors (Lipinski definition) is 4. The van der Waals surface area contributed by atoms with Gasteiger partial charge in [-0.15, -0.1) is 11.3 Å². The lowest BCUT2D eigenvalue weighted by Gasteiger charge is -2.36.